The first-order valence-corrected chi connectivity index (χ1v) is 12.8. The number of ketones is 1. The zero-order chi connectivity index (χ0) is 29.0. The highest BCUT2D eigenvalue weighted by Crippen LogP contribution is 2.51. The minimum atomic E-state index is -1.08. The van der Waals surface area contributed by atoms with Gasteiger partial charge in [-0.25, -0.2) is 4.90 Å². The van der Waals surface area contributed by atoms with E-state index in [-0.39, 0.29) is 28.4 Å². The Kier molecular flexibility index (Phi) is 6.14. The number of nitro benzene ring substituents is 1. The molecule has 6 rings (SSSR count). The number of nitro groups is 1. The molecule has 11 nitrogen and oxygen atoms in total. The van der Waals surface area contributed by atoms with Gasteiger partial charge in [-0.15, -0.1) is 0 Å². The summed E-state index contributed by atoms with van der Waals surface area (Å²) in [7, 11) is 1.34. The molecule has 3 aromatic carbocycles. The van der Waals surface area contributed by atoms with Crippen LogP contribution in [0.15, 0.2) is 72.8 Å². The number of Topliss-reactive ketones (excluding diaryl/α,β-unsaturated/α-hetero) is 1. The van der Waals surface area contributed by atoms with Crippen LogP contribution in [0.4, 0.5) is 17.1 Å². The summed E-state index contributed by atoms with van der Waals surface area (Å²) in [6.45, 7) is 1.27. The van der Waals surface area contributed by atoms with Gasteiger partial charge in [-0.2, -0.15) is 0 Å². The van der Waals surface area contributed by atoms with Crippen molar-refractivity contribution in [1.82, 2.24) is 0 Å². The maximum absolute atomic E-state index is 14.2. The smallest absolute Gasteiger partial charge is 0.308 e. The number of hydrogen-bond donors (Lipinski definition) is 0. The second kappa shape index (κ2) is 9.70. The highest BCUT2D eigenvalue weighted by atomic mass is 16.6. The van der Waals surface area contributed by atoms with E-state index in [0.29, 0.717) is 5.69 Å². The molecule has 3 aromatic rings. The number of rotatable bonds is 6. The first-order valence-electron chi connectivity index (χ1n) is 12.8. The molecule has 0 unspecified atom stereocenters. The molecule has 11 heteroatoms. The lowest BCUT2D eigenvalue weighted by molar-refractivity contribution is -0.384. The number of esters is 1. The third kappa shape index (κ3) is 4.05. The van der Waals surface area contributed by atoms with Crippen LogP contribution < -0.4 is 19.3 Å². The standard InChI is InChI=1S/C30H23N3O8/c1-16(34)41-20-11-7-18(8-12-20)28(35)27-26-25(22-13-9-17-5-3-4-6-21(17)31(22)27)29(36)32(30(26)37)23-15-19(33(38)39)10-14-24(23)40-2/h3-15,22,25-27H,1-2H3/t22-,25+,26+,27+/m1/s1. The number of para-hydroxylation sites is 1. The molecule has 0 N–H and O–H groups in total. The predicted molar refractivity (Wildman–Crippen MR) is 147 cm³/mol. The molecule has 41 heavy (non-hydrogen) atoms. The van der Waals surface area contributed by atoms with E-state index < -0.39 is 52.4 Å². The third-order valence-electron chi connectivity index (χ3n) is 7.70. The van der Waals surface area contributed by atoms with Crippen molar-refractivity contribution < 1.29 is 33.6 Å². The molecule has 4 atom stereocenters. The van der Waals surface area contributed by atoms with Gasteiger partial charge in [-0.1, -0.05) is 30.4 Å². The predicted octanol–water partition coefficient (Wildman–Crippen LogP) is 3.80. The van der Waals surface area contributed by atoms with Gasteiger partial charge in [0.15, 0.2) is 5.78 Å². The summed E-state index contributed by atoms with van der Waals surface area (Å²) >= 11 is 0. The number of imide groups is 1. The summed E-state index contributed by atoms with van der Waals surface area (Å²) in [6, 6.07) is 15.4. The van der Waals surface area contributed by atoms with Crippen molar-refractivity contribution in [2.45, 2.75) is 19.0 Å². The van der Waals surface area contributed by atoms with Crippen LogP contribution in [0.3, 0.4) is 0 Å². The Morgan fingerprint density at radius 2 is 1.63 bits per heavy atom. The summed E-state index contributed by atoms with van der Waals surface area (Å²) < 4.78 is 10.4. The largest absolute Gasteiger partial charge is 0.495 e. The maximum Gasteiger partial charge on any atom is 0.308 e. The van der Waals surface area contributed by atoms with Gasteiger partial charge in [-0.05, 0) is 42.0 Å². The number of methoxy groups -OCH3 is 1. The molecule has 3 heterocycles. The number of benzene rings is 3. The van der Waals surface area contributed by atoms with Crippen molar-refractivity contribution in [3.05, 3.63) is 94.0 Å². The quantitative estimate of drug-likeness (QED) is 0.111. The number of carbonyl (C=O) groups is 4. The number of carbonyl (C=O) groups excluding carboxylic acids is 4. The van der Waals surface area contributed by atoms with Crippen LogP contribution in [0.1, 0.15) is 22.8 Å². The molecule has 0 radical (unpaired) electrons. The van der Waals surface area contributed by atoms with E-state index in [1.54, 1.807) is 0 Å². The Bertz CT molecular complexity index is 1660. The zero-order valence-electron chi connectivity index (χ0n) is 21.9. The lowest BCUT2D eigenvalue weighted by atomic mass is 9.86. The summed E-state index contributed by atoms with van der Waals surface area (Å²) in [5, 5.41) is 11.5. The number of nitrogens with zero attached hydrogens (tertiary/aromatic N) is 3. The molecule has 0 saturated carbocycles. The van der Waals surface area contributed by atoms with Crippen LogP contribution in [0, 0.1) is 22.0 Å². The van der Waals surface area contributed by atoms with Crippen LogP contribution in [0.25, 0.3) is 6.08 Å². The van der Waals surface area contributed by atoms with E-state index in [0.717, 1.165) is 16.5 Å². The number of non-ortho nitro benzene ring substituents is 1. The topological polar surface area (TPSA) is 136 Å². The molecule has 3 aliphatic rings. The van der Waals surface area contributed by atoms with E-state index in [2.05, 4.69) is 0 Å². The molecule has 0 bridgehead atoms. The van der Waals surface area contributed by atoms with E-state index in [1.807, 2.05) is 41.3 Å². The maximum atomic E-state index is 14.2. The van der Waals surface area contributed by atoms with Crippen LogP contribution in [-0.2, 0) is 14.4 Å². The molecular formula is C30H23N3O8. The van der Waals surface area contributed by atoms with Gasteiger partial charge in [0.05, 0.1) is 29.9 Å². The van der Waals surface area contributed by atoms with Gasteiger partial charge in [0, 0.05) is 30.3 Å². The molecule has 0 aromatic heterocycles. The Morgan fingerprint density at radius 1 is 0.927 bits per heavy atom. The van der Waals surface area contributed by atoms with Gasteiger partial charge in [0.2, 0.25) is 11.8 Å². The van der Waals surface area contributed by atoms with Crippen LogP contribution in [-0.4, -0.2) is 47.7 Å². The van der Waals surface area contributed by atoms with Crippen molar-refractivity contribution in [2.24, 2.45) is 11.8 Å². The summed E-state index contributed by atoms with van der Waals surface area (Å²) in [5.41, 5.74) is 1.46. The highest BCUT2D eigenvalue weighted by Gasteiger charge is 2.64. The molecule has 206 valence electrons. The molecule has 0 aliphatic carbocycles. The fourth-order valence-corrected chi connectivity index (χ4v) is 6.04. The van der Waals surface area contributed by atoms with Crippen LogP contribution >= 0.6 is 0 Å². The number of ether oxygens (including phenoxy) is 2. The fraction of sp³-hybridized carbons (Fsp3) is 0.200. The summed E-state index contributed by atoms with van der Waals surface area (Å²) in [4.78, 5) is 67.3. The van der Waals surface area contributed by atoms with Gasteiger partial charge < -0.3 is 14.4 Å². The Morgan fingerprint density at radius 3 is 2.32 bits per heavy atom. The summed E-state index contributed by atoms with van der Waals surface area (Å²) in [5.74, 6) is -3.74. The first kappa shape index (κ1) is 25.9. The van der Waals surface area contributed by atoms with Crippen molar-refractivity contribution >= 4 is 46.7 Å². The lowest BCUT2D eigenvalue weighted by Gasteiger charge is -2.36. The summed E-state index contributed by atoms with van der Waals surface area (Å²) in [6.07, 6.45) is 3.68. The fourth-order valence-electron chi connectivity index (χ4n) is 6.04. The van der Waals surface area contributed by atoms with Gasteiger partial charge in [-0.3, -0.25) is 29.3 Å². The van der Waals surface area contributed by atoms with Crippen molar-refractivity contribution in [3.63, 3.8) is 0 Å². The number of amides is 2. The molecular weight excluding hydrogens is 530 g/mol. The zero-order valence-corrected chi connectivity index (χ0v) is 21.9. The van der Waals surface area contributed by atoms with Gasteiger partial charge >= 0.3 is 5.97 Å². The monoisotopic (exact) mass is 553 g/mol. The van der Waals surface area contributed by atoms with Crippen molar-refractivity contribution in [1.29, 1.82) is 0 Å². The molecule has 3 aliphatic heterocycles. The Labute approximate surface area is 233 Å². The third-order valence-corrected chi connectivity index (χ3v) is 7.70. The lowest BCUT2D eigenvalue weighted by Crippen LogP contribution is -2.48. The van der Waals surface area contributed by atoms with E-state index >= 15 is 0 Å². The average molecular weight is 554 g/mol. The number of fused-ring (bicyclic) bond motifs is 5. The van der Waals surface area contributed by atoms with Crippen LogP contribution in [0.5, 0.6) is 11.5 Å². The first-order chi connectivity index (χ1) is 19.7. The Hall–Kier alpha value is -5.32. The molecule has 2 fully saturated rings. The second-order valence-electron chi connectivity index (χ2n) is 9.92. The number of anilines is 2. The SMILES string of the molecule is COc1ccc([N+](=O)[O-])cc1N1C(=O)[C@@H]2[C@H](C1=O)[C@@H](C(=O)c1ccc(OC(C)=O)cc1)N1c3ccccc3C=C[C@H]21. The minimum absolute atomic E-state index is 0.0465. The molecule has 2 amide bonds. The molecule has 0 spiro atoms. The number of hydrogen-bond acceptors (Lipinski definition) is 9. The highest BCUT2D eigenvalue weighted by molar-refractivity contribution is 6.26. The van der Waals surface area contributed by atoms with E-state index in [4.69, 9.17) is 9.47 Å². The molecule has 2 saturated heterocycles. The van der Waals surface area contributed by atoms with E-state index in [1.165, 1.54) is 50.4 Å². The van der Waals surface area contributed by atoms with Gasteiger partial charge in [0.25, 0.3) is 5.69 Å². The van der Waals surface area contributed by atoms with Crippen LogP contribution in [0.2, 0.25) is 0 Å². The second-order valence-corrected chi connectivity index (χ2v) is 9.92. The average Bonchev–Trinajstić information content (AvgIpc) is 3.44. The van der Waals surface area contributed by atoms with Crippen molar-refractivity contribution in [2.75, 3.05) is 16.9 Å². The van der Waals surface area contributed by atoms with Gasteiger partial charge in [0.1, 0.15) is 23.2 Å². The van der Waals surface area contributed by atoms with E-state index in [9.17, 15) is 29.3 Å². The van der Waals surface area contributed by atoms with Crippen molar-refractivity contribution in [3.8, 4) is 11.5 Å². The Balaban J connectivity index is 1.46. The normalized spacial score (nSPS) is 22.2. The minimum Gasteiger partial charge on any atom is -0.495 e.